The summed E-state index contributed by atoms with van der Waals surface area (Å²) in [5, 5.41) is 7.82. The molecule has 4 heterocycles. The van der Waals surface area contributed by atoms with Crippen molar-refractivity contribution in [3.8, 4) is 28.2 Å². The van der Waals surface area contributed by atoms with E-state index < -0.39 is 5.54 Å². The van der Waals surface area contributed by atoms with Gasteiger partial charge in [0.25, 0.3) is 0 Å². The second-order valence-corrected chi connectivity index (χ2v) is 8.47. The minimum Gasteiger partial charge on any atom is -0.322 e. The third-order valence-corrected chi connectivity index (χ3v) is 5.57. The normalized spacial score (nSPS) is 11.9. The predicted molar refractivity (Wildman–Crippen MR) is 124 cm³/mol. The number of H-pyrrole nitrogens is 1. The van der Waals surface area contributed by atoms with Crippen molar-refractivity contribution in [2.45, 2.75) is 19.4 Å². The molecule has 0 aliphatic rings. The van der Waals surface area contributed by atoms with E-state index in [1.165, 1.54) is 0 Å². The van der Waals surface area contributed by atoms with Gasteiger partial charge in [-0.2, -0.15) is 5.10 Å². The van der Waals surface area contributed by atoms with Gasteiger partial charge in [0.1, 0.15) is 0 Å². The molecular weight excluding hydrogens is 402 g/mol. The Morgan fingerprint density at radius 3 is 2.53 bits per heavy atom. The van der Waals surface area contributed by atoms with Gasteiger partial charge in [0, 0.05) is 42.1 Å². The number of rotatable bonds is 4. The molecule has 0 spiro atoms. The summed E-state index contributed by atoms with van der Waals surface area (Å²) in [7, 11) is 1.74. The molecule has 0 amide bonds. The molecule has 0 radical (unpaired) electrons. The summed E-state index contributed by atoms with van der Waals surface area (Å²) in [4.78, 5) is 21.9. The van der Waals surface area contributed by atoms with Crippen LogP contribution in [0.25, 0.3) is 39.2 Å². The Kier molecular flexibility index (Phi) is 4.53. The Labute approximate surface area is 184 Å². The molecule has 3 N–H and O–H groups in total. The number of nitrogens with zero attached hydrogens (tertiary/aromatic N) is 5. The highest BCUT2D eigenvalue weighted by Gasteiger charge is 2.17. The van der Waals surface area contributed by atoms with Gasteiger partial charge >= 0.3 is 5.69 Å². The molecule has 32 heavy (non-hydrogen) atoms. The maximum absolute atomic E-state index is 13.0. The lowest BCUT2D eigenvalue weighted by atomic mass is 9.95. The molecule has 1 aromatic carbocycles. The molecule has 0 unspecified atom stereocenters. The van der Waals surface area contributed by atoms with Gasteiger partial charge in [-0.3, -0.25) is 14.6 Å². The van der Waals surface area contributed by atoms with Crippen molar-refractivity contribution in [3.63, 3.8) is 0 Å². The Bertz CT molecular complexity index is 1480. The van der Waals surface area contributed by atoms with Gasteiger partial charge in [-0.25, -0.2) is 9.78 Å². The fourth-order valence-corrected chi connectivity index (χ4v) is 3.77. The molecule has 8 heteroatoms. The highest BCUT2D eigenvalue weighted by molar-refractivity contribution is 5.81. The molecule has 5 rings (SSSR count). The zero-order valence-corrected chi connectivity index (χ0v) is 18.1. The van der Waals surface area contributed by atoms with Gasteiger partial charge < -0.3 is 10.3 Å². The molecule has 0 atom stereocenters. The van der Waals surface area contributed by atoms with Gasteiger partial charge in [-0.15, -0.1) is 0 Å². The zero-order chi connectivity index (χ0) is 22.5. The van der Waals surface area contributed by atoms with Crippen LogP contribution in [0.5, 0.6) is 0 Å². The number of aromatic nitrogens is 6. The van der Waals surface area contributed by atoms with Crippen LogP contribution in [0, 0.1) is 0 Å². The highest BCUT2D eigenvalue weighted by atomic mass is 16.1. The molecule has 0 bridgehead atoms. The average molecular weight is 425 g/mol. The van der Waals surface area contributed by atoms with Crippen molar-refractivity contribution >= 4 is 11.0 Å². The number of aryl methyl sites for hydroxylation is 1. The number of nitrogens with one attached hydrogen (secondary N) is 1. The summed E-state index contributed by atoms with van der Waals surface area (Å²) < 4.78 is 3.22. The van der Waals surface area contributed by atoms with Crippen molar-refractivity contribution < 1.29 is 0 Å². The van der Waals surface area contributed by atoms with Crippen LogP contribution in [-0.4, -0.2) is 29.3 Å². The molecule has 5 aromatic rings. The van der Waals surface area contributed by atoms with E-state index in [1.54, 1.807) is 41.0 Å². The first-order valence-electron chi connectivity index (χ1n) is 10.3. The maximum atomic E-state index is 13.0. The van der Waals surface area contributed by atoms with E-state index in [0.717, 1.165) is 33.4 Å². The summed E-state index contributed by atoms with van der Waals surface area (Å²) in [5.74, 6) is 0. The van der Waals surface area contributed by atoms with E-state index in [1.807, 2.05) is 56.3 Å². The number of fused-ring (bicyclic) bond motifs is 1. The Morgan fingerprint density at radius 2 is 1.78 bits per heavy atom. The first-order chi connectivity index (χ1) is 15.3. The van der Waals surface area contributed by atoms with Crippen molar-refractivity contribution in [2.24, 2.45) is 12.8 Å². The van der Waals surface area contributed by atoms with Crippen LogP contribution >= 0.6 is 0 Å². The molecule has 0 fully saturated rings. The van der Waals surface area contributed by atoms with Crippen LogP contribution in [0.4, 0.5) is 0 Å². The van der Waals surface area contributed by atoms with Gasteiger partial charge in [0.05, 0.1) is 23.3 Å². The Balaban J connectivity index is 1.61. The molecule has 8 nitrogen and oxygen atoms in total. The molecular formula is C24H23N7O. The average Bonchev–Trinajstić information content (AvgIpc) is 3.37. The van der Waals surface area contributed by atoms with Crippen LogP contribution in [-0.2, 0) is 12.6 Å². The van der Waals surface area contributed by atoms with Crippen molar-refractivity contribution in [1.29, 1.82) is 0 Å². The van der Waals surface area contributed by atoms with Crippen LogP contribution in [0.1, 0.15) is 19.4 Å². The molecule has 160 valence electrons. The van der Waals surface area contributed by atoms with E-state index >= 15 is 0 Å². The fraction of sp³-hybridized carbons (Fsp3) is 0.167. The molecule has 4 aromatic heterocycles. The minimum absolute atomic E-state index is 0.145. The minimum atomic E-state index is -0.455. The lowest BCUT2D eigenvalue weighted by molar-refractivity contribution is 0.554. The molecule has 0 saturated carbocycles. The Morgan fingerprint density at radius 1 is 1.00 bits per heavy atom. The molecule has 0 aliphatic heterocycles. The topological polar surface area (TPSA) is 107 Å². The number of benzene rings is 1. The fourth-order valence-electron chi connectivity index (χ4n) is 3.77. The predicted octanol–water partition coefficient (Wildman–Crippen LogP) is 3.37. The van der Waals surface area contributed by atoms with E-state index in [2.05, 4.69) is 20.2 Å². The number of imidazole rings is 1. The highest BCUT2D eigenvalue weighted by Crippen LogP contribution is 2.27. The second kappa shape index (κ2) is 7.28. The maximum Gasteiger partial charge on any atom is 0.333 e. The number of hydrogen-bond acceptors (Lipinski definition) is 5. The van der Waals surface area contributed by atoms with E-state index in [9.17, 15) is 4.79 Å². The molecule has 0 saturated heterocycles. The van der Waals surface area contributed by atoms with E-state index in [0.29, 0.717) is 11.4 Å². The van der Waals surface area contributed by atoms with Crippen molar-refractivity contribution in [2.75, 3.05) is 0 Å². The standard InChI is InChI=1S/C24H23N7O/c1-24(2,25)18-4-6-19(7-5-18)31-21(14-30(3)23(31)32)20-11-15(8-9-26-20)16-10-17-13-28-29-22(17)27-12-16/h4-14H,25H2,1-3H3,(H,27,28,29). The van der Waals surface area contributed by atoms with Crippen LogP contribution in [0.2, 0.25) is 0 Å². The quantitative estimate of drug-likeness (QED) is 0.459. The number of pyridine rings is 2. The smallest absolute Gasteiger partial charge is 0.322 e. The number of nitrogens with two attached hydrogens (primary N) is 1. The molecule has 0 aliphatic carbocycles. The van der Waals surface area contributed by atoms with Gasteiger partial charge in [-0.05, 0) is 55.3 Å². The SMILES string of the molecule is Cn1cc(-c2cc(-c3cnc4[nH]ncc4c3)ccn2)n(-c2ccc(C(C)(C)N)cc2)c1=O. The summed E-state index contributed by atoms with van der Waals surface area (Å²) in [6.07, 6.45) is 7.08. The first-order valence-corrected chi connectivity index (χ1v) is 10.3. The number of hydrogen-bond donors (Lipinski definition) is 2. The summed E-state index contributed by atoms with van der Waals surface area (Å²) in [6, 6.07) is 13.6. The first kappa shape index (κ1) is 19.9. The number of aromatic amines is 1. The third-order valence-electron chi connectivity index (χ3n) is 5.57. The van der Waals surface area contributed by atoms with E-state index in [-0.39, 0.29) is 5.69 Å². The van der Waals surface area contributed by atoms with Crippen LogP contribution in [0.15, 0.2) is 72.0 Å². The van der Waals surface area contributed by atoms with Crippen molar-refractivity contribution in [3.05, 3.63) is 83.3 Å². The summed E-state index contributed by atoms with van der Waals surface area (Å²) in [6.45, 7) is 3.90. The lowest BCUT2D eigenvalue weighted by Gasteiger charge is -2.19. The second-order valence-electron chi connectivity index (χ2n) is 8.47. The van der Waals surface area contributed by atoms with Gasteiger partial charge in [0.2, 0.25) is 0 Å². The summed E-state index contributed by atoms with van der Waals surface area (Å²) in [5.41, 5.74) is 11.4. The van der Waals surface area contributed by atoms with Crippen LogP contribution < -0.4 is 11.4 Å². The zero-order valence-electron chi connectivity index (χ0n) is 18.1. The largest absolute Gasteiger partial charge is 0.333 e. The lowest BCUT2D eigenvalue weighted by Crippen LogP contribution is -2.28. The van der Waals surface area contributed by atoms with Crippen LogP contribution in [0.3, 0.4) is 0 Å². The third kappa shape index (κ3) is 3.40. The Hall–Kier alpha value is -4.04. The summed E-state index contributed by atoms with van der Waals surface area (Å²) >= 11 is 0. The van der Waals surface area contributed by atoms with E-state index in [4.69, 9.17) is 5.73 Å². The van der Waals surface area contributed by atoms with Gasteiger partial charge in [-0.1, -0.05) is 12.1 Å². The monoisotopic (exact) mass is 425 g/mol. The van der Waals surface area contributed by atoms with Crippen molar-refractivity contribution in [1.82, 2.24) is 29.3 Å². The van der Waals surface area contributed by atoms with Gasteiger partial charge in [0.15, 0.2) is 5.65 Å².